The summed E-state index contributed by atoms with van der Waals surface area (Å²) in [5, 5.41) is 30.5. The van der Waals surface area contributed by atoms with Gasteiger partial charge in [-0.25, -0.2) is 4.79 Å². The van der Waals surface area contributed by atoms with Gasteiger partial charge in [0.2, 0.25) is 11.8 Å². The summed E-state index contributed by atoms with van der Waals surface area (Å²) in [6.45, 7) is 4.87. The third-order valence-electron chi connectivity index (χ3n) is 6.97. The van der Waals surface area contributed by atoms with Crippen LogP contribution in [0.15, 0.2) is 84.9 Å². The molecule has 6 N–H and O–H groups in total. The topological polar surface area (TPSA) is 174 Å². The quantitative estimate of drug-likeness (QED) is 0.164. The predicted molar refractivity (Wildman–Crippen MR) is 163 cm³/mol. The Labute approximate surface area is 256 Å². The molecular formula is C33H38N4O7. The van der Waals surface area contributed by atoms with E-state index in [4.69, 9.17) is 5.11 Å². The molecule has 0 saturated heterocycles. The molecule has 0 saturated carbocycles. The van der Waals surface area contributed by atoms with Gasteiger partial charge in [0, 0.05) is 18.5 Å². The molecule has 3 aromatic rings. The summed E-state index contributed by atoms with van der Waals surface area (Å²) in [6.07, 6.45) is -1.44. The standard InChI is InChI=1S/C33H38N4O7/c1-20(2)27(28(38)32(42)34-19-23-13-10-16-25(17-23)33(43)44)37-29(39)21(3)35-31(41)26(18-22-11-6-4-7-12-22)36-30(40)24-14-8-5-9-15-24/h4-17,20-21,26-28,38H,18-19H2,1-3H3,(H,34,42)(H,35,41)(H,36,40)(H,37,39)(H,43,44)/t21-,26-,27-,28?/m0/s1. The molecule has 0 aliphatic carbocycles. The Balaban J connectivity index is 1.63. The van der Waals surface area contributed by atoms with E-state index in [1.54, 1.807) is 56.3 Å². The van der Waals surface area contributed by atoms with Crippen molar-refractivity contribution < 1.29 is 34.2 Å². The van der Waals surface area contributed by atoms with E-state index in [1.807, 2.05) is 30.3 Å². The number of carbonyl (C=O) groups excluding carboxylic acids is 4. The predicted octanol–water partition coefficient (Wildman–Crippen LogP) is 2.05. The number of carbonyl (C=O) groups is 5. The number of carboxylic acids is 1. The van der Waals surface area contributed by atoms with Crippen molar-refractivity contribution in [2.75, 3.05) is 0 Å². The van der Waals surface area contributed by atoms with E-state index in [9.17, 15) is 29.1 Å². The Bertz CT molecular complexity index is 1450. The van der Waals surface area contributed by atoms with E-state index in [0.29, 0.717) is 11.1 Å². The lowest BCUT2D eigenvalue weighted by Crippen LogP contribution is -2.58. The first-order valence-electron chi connectivity index (χ1n) is 14.2. The summed E-state index contributed by atoms with van der Waals surface area (Å²) in [5.41, 5.74) is 1.77. The van der Waals surface area contributed by atoms with Crippen molar-refractivity contribution in [3.8, 4) is 0 Å². The van der Waals surface area contributed by atoms with E-state index in [2.05, 4.69) is 21.3 Å². The van der Waals surface area contributed by atoms with Gasteiger partial charge in [0.15, 0.2) is 6.10 Å². The molecule has 4 amide bonds. The van der Waals surface area contributed by atoms with Gasteiger partial charge >= 0.3 is 5.97 Å². The smallest absolute Gasteiger partial charge is 0.335 e. The number of hydrogen-bond acceptors (Lipinski definition) is 6. The van der Waals surface area contributed by atoms with Crippen molar-refractivity contribution in [2.24, 2.45) is 5.92 Å². The second-order valence-electron chi connectivity index (χ2n) is 10.8. The molecule has 4 atom stereocenters. The molecule has 0 bridgehead atoms. The summed E-state index contributed by atoms with van der Waals surface area (Å²) >= 11 is 0. The van der Waals surface area contributed by atoms with Crippen LogP contribution in [0.3, 0.4) is 0 Å². The van der Waals surface area contributed by atoms with Crippen molar-refractivity contribution in [2.45, 2.75) is 58.0 Å². The molecule has 0 aliphatic rings. The maximum Gasteiger partial charge on any atom is 0.335 e. The van der Waals surface area contributed by atoms with Crippen molar-refractivity contribution in [1.29, 1.82) is 0 Å². The number of aliphatic hydroxyl groups is 1. The largest absolute Gasteiger partial charge is 0.478 e. The van der Waals surface area contributed by atoms with E-state index in [-0.39, 0.29) is 24.4 Å². The SMILES string of the molecule is CC(C)[C@H](NC(=O)[C@H](C)NC(=O)[C@H](Cc1ccccc1)NC(=O)c1ccccc1)C(O)C(=O)NCc1cccc(C(=O)O)c1. The molecule has 0 fully saturated rings. The van der Waals surface area contributed by atoms with E-state index >= 15 is 0 Å². The number of rotatable bonds is 14. The molecule has 0 aromatic heterocycles. The van der Waals surface area contributed by atoms with Gasteiger partial charge in [0.25, 0.3) is 11.8 Å². The first-order valence-corrected chi connectivity index (χ1v) is 14.2. The molecule has 3 rings (SSSR count). The molecule has 0 spiro atoms. The number of benzene rings is 3. The fourth-order valence-corrected chi connectivity index (χ4v) is 4.44. The van der Waals surface area contributed by atoms with Crippen LogP contribution in [0.1, 0.15) is 52.6 Å². The minimum absolute atomic E-state index is 0.0280. The monoisotopic (exact) mass is 602 g/mol. The lowest BCUT2D eigenvalue weighted by atomic mass is 9.97. The van der Waals surface area contributed by atoms with E-state index < -0.39 is 53.8 Å². The molecule has 0 radical (unpaired) electrons. The molecule has 11 heteroatoms. The van der Waals surface area contributed by atoms with Crippen LogP contribution in [-0.2, 0) is 27.3 Å². The third-order valence-corrected chi connectivity index (χ3v) is 6.97. The number of amides is 4. The zero-order chi connectivity index (χ0) is 32.2. The molecule has 0 aliphatic heterocycles. The molecule has 3 aromatic carbocycles. The highest BCUT2D eigenvalue weighted by molar-refractivity contribution is 5.98. The van der Waals surface area contributed by atoms with Crippen molar-refractivity contribution in [3.05, 3.63) is 107 Å². The molecular weight excluding hydrogens is 564 g/mol. The van der Waals surface area contributed by atoms with Crippen molar-refractivity contribution in [3.63, 3.8) is 0 Å². The van der Waals surface area contributed by atoms with Crippen molar-refractivity contribution >= 4 is 29.6 Å². The van der Waals surface area contributed by atoms with Crippen LogP contribution in [0.25, 0.3) is 0 Å². The maximum absolute atomic E-state index is 13.3. The van der Waals surface area contributed by atoms with Crippen LogP contribution in [-0.4, -0.2) is 64.0 Å². The lowest BCUT2D eigenvalue weighted by Gasteiger charge is -2.28. The number of nitrogens with one attached hydrogen (secondary N) is 4. The molecule has 0 heterocycles. The molecule has 232 valence electrons. The number of aromatic carboxylic acids is 1. The Morgan fingerprint density at radius 1 is 0.682 bits per heavy atom. The highest BCUT2D eigenvalue weighted by Gasteiger charge is 2.32. The lowest BCUT2D eigenvalue weighted by molar-refractivity contribution is -0.135. The Morgan fingerprint density at radius 2 is 1.27 bits per heavy atom. The average Bonchev–Trinajstić information content (AvgIpc) is 3.02. The third kappa shape index (κ3) is 9.77. The number of hydrogen-bond donors (Lipinski definition) is 6. The van der Waals surface area contributed by atoms with Gasteiger partial charge in [-0.3, -0.25) is 19.2 Å². The summed E-state index contributed by atoms with van der Waals surface area (Å²) in [7, 11) is 0. The van der Waals surface area contributed by atoms with Crippen LogP contribution in [0.2, 0.25) is 0 Å². The van der Waals surface area contributed by atoms with Crippen LogP contribution >= 0.6 is 0 Å². The zero-order valence-electron chi connectivity index (χ0n) is 24.8. The van der Waals surface area contributed by atoms with Gasteiger partial charge in [-0.05, 0) is 48.2 Å². The van der Waals surface area contributed by atoms with Crippen LogP contribution in [0.5, 0.6) is 0 Å². The Kier molecular flexibility index (Phi) is 12.2. The highest BCUT2D eigenvalue weighted by Crippen LogP contribution is 2.11. The zero-order valence-corrected chi connectivity index (χ0v) is 24.8. The second-order valence-corrected chi connectivity index (χ2v) is 10.8. The van der Waals surface area contributed by atoms with Crippen LogP contribution < -0.4 is 21.3 Å². The number of aliphatic hydroxyl groups excluding tert-OH is 1. The van der Waals surface area contributed by atoms with E-state index in [1.165, 1.54) is 19.1 Å². The fourth-order valence-electron chi connectivity index (χ4n) is 4.44. The van der Waals surface area contributed by atoms with Crippen molar-refractivity contribution in [1.82, 2.24) is 21.3 Å². The van der Waals surface area contributed by atoms with Gasteiger partial charge in [-0.15, -0.1) is 0 Å². The highest BCUT2D eigenvalue weighted by atomic mass is 16.4. The second kappa shape index (κ2) is 16.0. The minimum atomic E-state index is -1.62. The minimum Gasteiger partial charge on any atom is -0.478 e. The first-order chi connectivity index (χ1) is 21.0. The summed E-state index contributed by atoms with van der Waals surface area (Å²) in [4.78, 5) is 63.2. The normalized spacial score (nSPS) is 13.6. The molecule has 1 unspecified atom stereocenters. The van der Waals surface area contributed by atoms with Crippen LogP contribution in [0, 0.1) is 5.92 Å². The first kappa shape index (κ1) is 33.5. The van der Waals surface area contributed by atoms with Gasteiger partial charge in [-0.1, -0.05) is 74.5 Å². The van der Waals surface area contributed by atoms with Gasteiger partial charge in [-0.2, -0.15) is 0 Å². The molecule has 11 nitrogen and oxygen atoms in total. The fraction of sp³-hybridized carbons (Fsp3) is 0.303. The average molecular weight is 603 g/mol. The van der Waals surface area contributed by atoms with Gasteiger partial charge in [0.1, 0.15) is 12.1 Å². The molecule has 44 heavy (non-hydrogen) atoms. The summed E-state index contributed by atoms with van der Waals surface area (Å²) in [6, 6.07) is 20.6. The summed E-state index contributed by atoms with van der Waals surface area (Å²) < 4.78 is 0. The Hall–Kier alpha value is -5.03. The van der Waals surface area contributed by atoms with Crippen LogP contribution in [0.4, 0.5) is 0 Å². The van der Waals surface area contributed by atoms with Gasteiger partial charge in [0.05, 0.1) is 11.6 Å². The summed E-state index contributed by atoms with van der Waals surface area (Å²) in [5.74, 6) is -3.88. The Morgan fingerprint density at radius 3 is 1.89 bits per heavy atom. The number of carboxylic acid groups (broad SMARTS) is 1. The maximum atomic E-state index is 13.3. The van der Waals surface area contributed by atoms with E-state index in [0.717, 1.165) is 5.56 Å². The van der Waals surface area contributed by atoms with Gasteiger partial charge < -0.3 is 31.5 Å².